The van der Waals surface area contributed by atoms with Crippen LogP contribution in [0.4, 0.5) is 0 Å². The number of rotatable bonds is 1. The summed E-state index contributed by atoms with van der Waals surface area (Å²) < 4.78 is 0. The second-order valence-corrected chi connectivity index (χ2v) is 4.97. The fraction of sp³-hybridized carbons (Fsp3) is 0.875. The minimum absolute atomic E-state index is 0.687. The quantitative estimate of drug-likeness (QED) is 0.644. The molecule has 3 unspecified atom stereocenters. The van der Waals surface area contributed by atoms with Crippen LogP contribution in [-0.2, 0) is 0 Å². The third-order valence-corrected chi connectivity index (χ3v) is 3.24. The van der Waals surface area contributed by atoms with Crippen molar-refractivity contribution in [1.82, 2.24) is 5.32 Å². The summed E-state index contributed by atoms with van der Waals surface area (Å²) in [7, 11) is 0. The smallest absolute Gasteiger partial charge is 0.157 e. The molecule has 0 amide bonds. The van der Waals surface area contributed by atoms with E-state index in [1.165, 1.54) is 11.6 Å². The summed E-state index contributed by atoms with van der Waals surface area (Å²) in [6.45, 7) is 5.49. The number of aliphatic imine (C=N–C) groups is 1. The van der Waals surface area contributed by atoms with Gasteiger partial charge >= 0.3 is 0 Å². The molecule has 0 aromatic rings. The zero-order valence-electron chi connectivity index (χ0n) is 7.00. The van der Waals surface area contributed by atoms with E-state index in [-0.39, 0.29) is 0 Å². The highest BCUT2D eigenvalue weighted by Crippen LogP contribution is 2.31. The zero-order valence-corrected chi connectivity index (χ0v) is 7.82. The topological polar surface area (TPSA) is 24.4 Å². The number of hydrogen-bond acceptors (Lipinski definition) is 3. The van der Waals surface area contributed by atoms with Crippen molar-refractivity contribution in [1.29, 1.82) is 0 Å². The minimum atomic E-state index is 0.687. The Morgan fingerprint density at radius 1 is 1.55 bits per heavy atom. The van der Waals surface area contributed by atoms with Crippen molar-refractivity contribution >= 4 is 16.9 Å². The van der Waals surface area contributed by atoms with Gasteiger partial charge in [-0.3, -0.25) is 4.99 Å². The number of nitrogens with zero attached hydrogens (tertiary/aromatic N) is 1. The van der Waals surface area contributed by atoms with Crippen molar-refractivity contribution in [3.8, 4) is 0 Å². The Bertz CT molecular complexity index is 191. The molecule has 3 heteroatoms. The van der Waals surface area contributed by atoms with Gasteiger partial charge in [-0.2, -0.15) is 0 Å². The fourth-order valence-electron chi connectivity index (χ4n) is 1.24. The molecule has 0 spiro atoms. The molecule has 0 aromatic carbocycles. The van der Waals surface area contributed by atoms with Crippen LogP contribution >= 0.6 is 11.8 Å². The molecule has 2 aliphatic rings. The Balaban J connectivity index is 1.79. The van der Waals surface area contributed by atoms with Gasteiger partial charge in [-0.25, -0.2) is 0 Å². The van der Waals surface area contributed by atoms with E-state index in [2.05, 4.69) is 24.2 Å². The molecular formula is C8H14N2S. The second kappa shape index (κ2) is 2.70. The van der Waals surface area contributed by atoms with Crippen molar-refractivity contribution in [2.45, 2.75) is 31.6 Å². The Labute approximate surface area is 71.9 Å². The average molecular weight is 170 g/mol. The number of amidine groups is 1. The summed E-state index contributed by atoms with van der Waals surface area (Å²) >= 11 is 1.87. The van der Waals surface area contributed by atoms with Gasteiger partial charge in [0.1, 0.15) is 0 Å². The molecule has 3 atom stereocenters. The van der Waals surface area contributed by atoms with Gasteiger partial charge in [-0.1, -0.05) is 25.6 Å². The summed E-state index contributed by atoms with van der Waals surface area (Å²) in [5.74, 6) is 0.870. The number of hydrogen-bond donors (Lipinski definition) is 1. The first kappa shape index (κ1) is 7.47. The van der Waals surface area contributed by atoms with E-state index < -0.39 is 0 Å². The third-order valence-electron chi connectivity index (χ3n) is 2.22. The third kappa shape index (κ3) is 1.70. The van der Waals surface area contributed by atoms with Crippen LogP contribution in [0.25, 0.3) is 0 Å². The normalized spacial score (nSPS) is 42.0. The molecule has 0 aromatic heterocycles. The van der Waals surface area contributed by atoms with Crippen LogP contribution < -0.4 is 5.32 Å². The maximum absolute atomic E-state index is 4.40. The predicted molar refractivity (Wildman–Crippen MR) is 50.1 cm³/mol. The molecule has 0 saturated heterocycles. The van der Waals surface area contributed by atoms with Crippen LogP contribution in [0.2, 0.25) is 0 Å². The van der Waals surface area contributed by atoms with Gasteiger partial charge in [0.2, 0.25) is 0 Å². The lowest BCUT2D eigenvalue weighted by atomic mass is 10.5. The summed E-state index contributed by atoms with van der Waals surface area (Å²) in [6.07, 6.45) is 1.33. The van der Waals surface area contributed by atoms with Crippen molar-refractivity contribution in [3.05, 3.63) is 0 Å². The van der Waals surface area contributed by atoms with E-state index in [1.54, 1.807) is 0 Å². The van der Waals surface area contributed by atoms with Crippen LogP contribution in [0.15, 0.2) is 4.99 Å². The molecule has 1 N–H and O–H groups in total. The highest BCUT2D eigenvalue weighted by atomic mass is 32.2. The fourth-order valence-corrected chi connectivity index (χ4v) is 2.14. The number of thioether (sulfide) groups is 1. The van der Waals surface area contributed by atoms with Crippen LogP contribution in [0.3, 0.4) is 0 Å². The van der Waals surface area contributed by atoms with Gasteiger partial charge in [-0.15, -0.1) is 0 Å². The van der Waals surface area contributed by atoms with Crippen LogP contribution in [-0.4, -0.2) is 23.0 Å². The molecule has 0 bridgehead atoms. The van der Waals surface area contributed by atoms with Gasteiger partial charge in [0, 0.05) is 11.3 Å². The Hall–Kier alpha value is -0.180. The van der Waals surface area contributed by atoms with Crippen molar-refractivity contribution in [2.24, 2.45) is 10.9 Å². The second-order valence-electron chi connectivity index (χ2n) is 3.54. The van der Waals surface area contributed by atoms with Crippen LogP contribution in [0, 0.1) is 5.92 Å². The maximum Gasteiger partial charge on any atom is 0.157 e. The maximum atomic E-state index is 4.40. The Morgan fingerprint density at radius 2 is 2.27 bits per heavy atom. The lowest BCUT2D eigenvalue weighted by Crippen LogP contribution is -2.22. The molecule has 1 heterocycles. The molecule has 0 radical (unpaired) electrons. The SMILES string of the molecule is CC1CN=C(NC2CC2C)S1. The summed E-state index contributed by atoms with van der Waals surface area (Å²) in [6, 6.07) is 0.728. The summed E-state index contributed by atoms with van der Waals surface area (Å²) in [5, 5.41) is 5.31. The van der Waals surface area contributed by atoms with E-state index in [0.29, 0.717) is 5.25 Å². The molecule has 1 aliphatic carbocycles. The van der Waals surface area contributed by atoms with Gasteiger partial charge in [0.05, 0.1) is 6.54 Å². The molecular weight excluding hydrogens is 156 g/mol. The van der Waals surface area contributed by atoms with Crippen molar-refractivity contribution in [3.63, 3.8) is 0 Å². The van der Waals surface area contributed by atoms with E-state index in [0.717, 1.165) is 18.5 Å². The average Bonchev–Trinajstić information content (AvgIpc) is 2.42. The van der Waals surface area contributed by atoms with E-state index >= 15 is 0 Å². The monoisotopic (exact) mass is 170 g/mol. The highest BCUT2D eigenvalue weighted by Gasteiger charge is 2.34. The molecule has 11 heavy (non-hydrogen) atoms. The Kier molecular flexibility index (Phi) is 1.83. The lowest BCUT2D eigenvalue weighted by Gasteiger charge is -2.03. The molecule has 2 nitrogen and oxygen atoms in total. The van der Waals surface area contributed by atoms with Gasteiger partial charge in [0.25, 0.3) is 0 Å². The molecule has 1 aliphatic heterocycles. The van der Waals surface area contributed by atoms with Crippen molar-refractivity contribution < 1.29 is 0 Å². The first-order valence-electron chi connectivity index (χ1n) is 4.23. The zero-order chi connectivity index (χ0) is 7.84. The number of nitrogens with one attached hydrogen (secondary N) is 1. The lowest BCUT2D eigenvalue weighted by molar-refractivity contribution is 0.818. The predicted octanol–water partition coefficient (Wildman–Crippen LogP) is 1.48. The summed E-state index contributed by atoms with van der Waals surface area (Å²) in [4.78, 5) is 4.40. The van der Waals surface area contributed by atoms with Crippen molar-refractivity contribution in [2.75, 3.05) is 6.54 Å². The first-order chi connectivity index (χ1) is 5.25. The van der Waals surface area contributed by atoms with E-state index in [1.807, 2.05) is 11.8 Å². The molecule has 1 fully saturated rings. The van der Waals surface area contributed by atoms with Gasteiger partial charge < -0.3 is 5.32 Å². The minimum Gasteiger partial charge on any atom is -0.362 e. The molecule has 62 valence electrons. The van der Waals surface area contributed by atoms with E-state index in [9.17, 15) is 0 Å². The standard InChI is InChI=1S/C8H14N2S/c1-5-3-7(5)10-8-9-4-6(2)11-8/h5-7H,3-4H2,1-2H3,(H,9,10). The van der Waals surface area contributed by atoms with Gasteiger partial charge in [0.15, 0.2) is 5.17 Å². The first-order valence-corrected chi connectivity index (χ1v) is 5.11. The highest BCUT2D eigenvalue weighted by molar-refractivity contribution is 8.14. The van der Waals surface area contributed by atoms with Crippen LogP contribution in [0.1, 0.15) is 20.3 Å². The van der Waals surface area contributed by atoms with Crippen LogP contribution in [0.5, 0.6) is 0 Å². The molecule has 2 rings (SSSR count). The van der Waals surface area contributed by atoms with E-state index in [4.69, 9.17) is 0 Å². The van der Waals surface area contributed by atoms with Gasteiger partial charge in [-0.05, 0) is 12.3 Å². The summed E-state index contributed by atoms with van der Waals surface area (Å²) in [5.41, 5.74) is 0. The Morgan fingerprint density at radius 3 is 2.73 bits per heavy atom. The largest absolute Gasteiger partial charge is 0.362 e. The molecule has 1 saturated carbocycles.